The topological polar surface area (TPSA) is 35.2 Å². The second-order valence-corrected chi connectivity index (χ2v) is 3.89. The summed E-state index contributed by atoms with van der Waals surface area (Å²) in [7, 11) is 1.74. The summed E-state index contributed by atoms with van der Waals surface area (Å²) in [5.74, 6) is 1.17. The normalized spacial score (nSPS) is 13.4. The van der Waals surface area contributed by atoms with Gasteiger partial charge in [-0.25, -0.2) is 0 Å². The molecule has 0 rings (SSSR count). The average Bonchev–Trinajstić information content (AvgIpc) is 2.05. The van der Waals surface area contributed by atoms with Crippen molar-refractivity contribution >= 4 is 11.8 Å². The molecule has 0 heterocycles. The molecule has 11 heavy (non-hydrogen) atoms. The zero-order chi connectivity index (χ0) is 8.53. The van der Waals surface area contributed by atoms with Crippen LogP contribution in [0, 0.1) is 0 Å². The largest absolute Gasteiger partial charge is 0.385 e. The van der Waals surface area contributed by atoms with Gasteiger partial charge in [0.25, 0.3) is 0 Å². The summed E-state index contributed by atoms with van der Waals surface area (Å²) < 4.78 is 4.95. The highest BCUT2D eigenvalue weighted by molar-refractivity contribution is 7.99. The van der Waals surface area contributed by atoms with Crippen LogP contribution >= 0.6 is 11.8 Å². The minimum Gasteiger partial charge on any atom is -0.385 e. The Morgan fingerprint density at radius 3 is 2.73 bits per heavy atom. The van der Waals surface area contributed by atoms with Gasteiger partial charge >= 0.3 is 0 Å². The van der Waals surface area contributed by atoms with Gasteiger partial charge in [-0.1, -0.05) is 6.92 Å². The molecule has 1 atom stereocenters. The molecule has 0 amide bonds. The molecule has 68 valence electrons. The molecular weight excluding hydrogens is 158 g/mol. The Morgan fingerprint density at radius 1 is 1.55 bits per heavy atom. The van der Waals surface area contributed by atoms with Crippen LogP contribution in [0.3, 0.4) is 0 Å². The Bertz CT molecular complexity index is 76.5. The Morgan fingerprint density at radius 2 is 2.27 bits per heavy atom. The van der Waals surface area contributed by atoms with Gasteiger partial charge in [-0.15, -0.1) is 0 Å². The van der Waals surface area contributed by atoms with E-state index in [4.69, 9.17) is 10.5 Å². The molecule has 1 unspecified atom stereocenters. The van der Waals surface area contributed by atoms with Crippen LogP contribution in [-0.4, -0.2) is 31.3 Å². The number of hydrogen-bond acceptors (Lipinski definition) is 3. The molecule has 0 aliphatic heterocycles. The predicted octanol–water partition coefficient (Wildman–Crippen LogP) is 1.49. The van der Waals surface area contributed by atoms with Gasteiger partial charge < -0.3 is 10.5 Å². The molecule has 0 saturated heterocycles. The standard InChI is InChI=1S/C8H19NOS/c1-3-8(7-9)11-6-4-5-10-2/h8H,3-7,9H2,1-2H3. The van der Waals surface area contributed by atoms with Crippen molar-refractivity contribution in [2.24, 2.45) is 5.73 Å². The number of nitrogens with two attached hydrogens (primary N) is 1. The average molecular weight is 177 g/mol. The molecule has 0 aromatic carbocycles. The zero-order valence-electron chi connectivity index (χ0n) is 7.51. The Hall–Kier alpha value is 0.270. The van der Waals surface area contributed by atoms with Crippen LogP contribution in [0.4, 0.5) is 0 Å². The third kappa shape index (κ3) is 6.66. The molecule has 2 nitrogen and oxygen atoms in total. The van der Waals surface area contributed by atoms with Gasteiger partial charge in [0.1, 0.15) is 0 Å². The minimum atomic E-state index is 0.645. The predicted molar refractivity (Wildman–Crippen MR) is 52.1 cm³/mol. The van der Waals surface area contributed by atoms with Gasteiger partial charge in [-0.05, 0) is 18.6 Å². The molecule has 0 aromatic heterocycles. The Labute approximate surface area is 73.9 Å². The van der Waals surface area contributed by atoms with Crippen LogP contribution in [0.25, 0.3) is 0 Å². The number of hydrogen-bond donors (Lipinski definition) is 1. The van der Waals surface area contributed by atoms with E-state index in [0.717, 1.165) is 19.6 Å². The second-order valence-electron chi connectivity index (χ2n) is 2.48. The number of rotatable bonds is 7. The van der Waals surface area contributed by atoms with Crippen molar-refractivity contribution in [3.8, 4) is 0 Å². The Balaban J connectivity index is 3.07. The lowest BCUT2D eigenvalue weighted by atomic mass is 10.3. The van der Waals surface area contributed by atoms with Crippen LogP contribution in [0.5, 0.6) is 0 Å². The maximum Gasteiger partial charge on any atom is 0.0470 e. The first-order chi connectivity index (χ1) is 5.35. The van der Waals surface area contributed by atoms with Crippen LogP contribution in [-0.2, 0) is 4.74 Å². The molecule has 0 saturated carbocycles. The van der Waals surface area contributed by atoms with Crippen molar-refractivity contribution in [2.45, 2.75) is 25.0 Å². The van der Waals surface area contributed by atoms with Crippen LogP contribution in [0.15, 0.2) is 0 Å². The summed E-state index contributed by atoms with van der Waals surface area (Å²) in [6.45, 7) is 3.85. The molecule has 0 bridgehead atoms. The monoisotopic (exact) mass is 177 g/mol. The first-order valence-corrected chi connectivity index (χ1v) is 5.20. The van der Waals surface area contributed by atoms with E-state index in [1.54, 1.807) is 7.11 Å². The minimum absolute atomic E-state index is 0.645. The van der Waals surface area contributed by atoms with Gasteiger partial charge in [-0.3, -0.25) is 0 Å². The molecule has 0 aliphatic rings. The molecule has 0 radical (unpaired) electrons. The van der Waals surface area contributed by atoms with E-state index < -0.39 is 0 Å². The van der Waals surface area contributed by atoms with E-state index in [1.807, 2.05) is 11.8 Å². The quantitative estimate of drug-likeness (QED) is 0.598. The van der Waals surface area contributed by atoms with Crippen LogP contribution in [0.2, 0.25) is 0 Å². The fourth-order valence-electron chi connectivity index (χ4n) is 0.806. The molecule has 0 spiro atoms. The summed E-state index contributed by atoms with van der Waals surface area (Å²) >= 11 is 1.96. The Kier molecular flexibility index (Phi) is 8.57. The summed E-state index contributed by atoms with van der Waals surface area (Å²) in [5.41, 5.74) is 5.55. The number of ether oxygens (including phenoxy) is 1. The lowest BCUT2D eigenvalue weighted by Crippen LogP contribution is -2.16. The zero-order valence-corrected chi connectivity index (χ0v) is 8.32. The first-order valence-electron chi connectivity index (χ1n) is 4.15. The van der Waals surface area contributed by atoms with Gasteiger partial charge in [0.2, 0.25) is 0 Å². The summed E-state index contributed by atoms with van der Waals surface area (Å²) in [6.07, 6.45) is 2.31. The number of methoxy groups -OCH3 is 1. The van der Waals surface area contributed by atoms with E-state index >= 15 is 0 Å². The summed E-state index contributed by atoms with van der Waals surface area (Å²) in [4.78, 5) is 0. The van der Waals surface area contributed by atoms with Gasteiger partial charge in [-0.2, -0.15) is 11.8 Å². The van der Waals surface area contributed by atoms with Crippen molar-refractivity contribution < 1.29 is 4.74 Å². The first kappa shape index (κ1) is 11.3. The second kappa shape index (κ2) is 8.37. The lowest BCUT2D eigenvalue weighted by Gasteiger charge is -2.10. The maximum atomic E-state index is 5.55. The molecule has 0 fully saturated rings. The van der Waals surface area contributed by atoms with Crippen molar-refractivity contribution in [3.05, 3.63) is 0 Å². The molecule has 0 aliphatic carbocycles. The van der Waals surface area contributed by atoms with Crippen molar-refractivity contribution in [2.75, 3.05) is 26.0 Å². The molecule has 0 aromatic rings. The third-order valence-electron chi connectivity index (χ3n) is 1.56. The fourth-order valence-corrected chi connectivity index (χ4v) is 1.80. The molecular formula is C8H19NOS. The highest BCUT2D eigenvalue weighted by atomic mass is 32.2. The molecule has 2 N–H and O–H groups in total. The van der Waals surface area contributed by atoms with Crippen LogP contribution < -0.4 is 5.73 Å². The van der Waals surface area contributed by atoms with E-state index in [0.29, 0.717) is 5.25 Å². The van der Waals surface area contributed by atoms with Crippen molar-refractivity contribution in [1.29, 1.82) is 0 Å². The van der Waals surface area contributed by atoms with Gasteiger partial charge in [0, 0.05) is 25.5 Å². The van der Waals surface area contributed by atoms with E-state index in [-0.39, 0.29) is 0 Å². The smallest absolute Gasteiger partial charge is 0.0470 e. The summed E-state index contributed by atoms with van der Waals surface area (Å²) in [5, 5.41) is 0.645. The van der Waals surface area contributed by atoms with E-state index in [1.165, 1.54) is 12.2 Å². The van der Waals surface area contributed by atoms with E-state index in [9.17, 15) is 0 Å². The van der Waals surface area contributed by atoms with Crippen LogP contribution in [0.1, 0.15) is 19.8 Å². The van der Waals surface area contributed by atoms with Gasteiger partial charge in [0.05, 0.1) is 0 Å². The van der Waals surface area contributed by atoms with E-state index in [2.05, 4.69) is 6.92 Å². The maximum absolute atomic E-state index is 5.55. The lowest BCUT2D eigenvalue weighted by molar-refractivity contribution is 0.200. The van der Waals surface area contributed by atoms with Crippen molar-refractivity contribution in [3.63, 3.8) is 0 Å². The summed E-state index contributed by atoms with van der Waals surface area (Å²) in [6, 6.07) is 0. The number of thioether (sulfide) groups is 1. The highest BCUT2D eigenvalue weighted by Gasteiger charge is 2.02. The SMILES string of the molecule is CCC(CN)SCCCOC. The van der Waals surface area contributed by atoms with Gasteiger partial charge in [0.15, 0.2) is 0 Å². The van der Waals surface area contributed by atoms with Crippen molar-refractivity contribution in [1.82, 2.24) is 0 Å². The fraction of sp³-hybridized carbons (Fsp3) is 1.00. The highest BCUT2D eigenvalue weighted by Crippen LogP contribution is 2.13. The molecule has 3 heteroatoms. The third-order valence-corrected chi connectivity index (χ3v) is 3.09.